The number of ether oxygens (including phenoxy) is 3. The maximum Gasteiger partial charge on any atom is 0.429 e. The summed E-state index contributed by atoms with van der Waals surface area (Å²) in [5.74, 6) is 0. The molecule has 2 atom stereocenters. The molecule has 0 fully saturated rings. The first-order chi connectivity index (χ1) is 12.5. The molecule has 2 unspecified atom stereocenters. The average Bonchev–Trinajstić information content (AvgIpc) is 2.59. The van der Waals surface area contributed by atoms with Crippen molar-refractivity contribution < 1.29 is 23.8 Å². The SMILES string of the molecule is CCOC(OCC)[P+](=O)COCCCC(NB(C)O)c1cccc(N)c1. The van der Waals surface area contributed by atoms with Crippen molar-refractivity contribution in [2.75, 3.05) is 31.9 Å². The lowest BCUT2D eigenvalue weighted by Gasteiger charge is -2.20. The molecule has 1 rings (SSSR count). The van der Waals surface area contributed by atoms with Gasteiger partial charge in [-0.2, -0.15) is 0 Å². The van der Waals surface area contributed by atoms with E-state index in [4.69, 9.17) is 19.9 Å². The summed E-state index contributed by atoms with van der Waals surface area (Å²) in [4.78, 5) is 0. The molecule has 0 aliphatic rings. The zero-order valence-electron chi connectivity index (χ0n) is 15.9. The second-order valence-corrected chi connectivity index (χ2v) is 7.39. The van der Waals surface area contributed by atoms with E-state index in [1.165, 1.54) is 0 Å². The summed E-state index contributed by atoms with van der Waals surface area (Å²) >= 11 is 0. The van der Waals surface area contributed by atoms with E-state index in [0.29, 0.717) is 25.5 Å². The minimum atomic E-state index is -1.74. The van der Waals surface area contributed by atoms with Crippen molar-refractivity contribution in [1.82, 2.24) is 5.23 Å². The van der Waals surface area contributed by atoms with Gasteiger partial charge in [0.05, 0.1) is 19.8 Å². The summed E-state index contributed by atoms with van der Waals surface area (Å²) in [6.45, 7) is 6.70. The van der Waals surface area contributed by atoms with E-state index in [2.05, 4.69) is 5.23 Å². The Bertz CT molecular complexity index is 530. The number of hydrogen-bond acceptors (Lipinski definition) is 7. The van der Waals surface area contributed by atoms with Gasteiger partial charge in [0.2, 0.25) is 0 Å². The van der Waals surface area contributed by atoms with Crippen LogP contribution in [0, 0.1) is 0 Å². The van der Waals surface area contributed by atoms with Crippen LogP contribution in [0.15, 0.2) is 24.3 Å². The molecule has 0 aliphatic carbocycles. The van der Waals surface area contributed by atoms with Crippen LogP contribution in [0.1, 0.15) is 38.3 Å². The van der Waals surface area contributed by atoms with Gasteiger partial charge >= 0.3 is 20.9 Å². The molecule has 0 bridgehead atoms. The molecule has 0 saturated heterocycles. The van der Waals surface area contributed by atoms with Gasteiger partial charge in [0.15, 0.2) is 0 Å². The van der Waals surface area contributed by atoms with Gasteiger partial charge in [0.1, 0.15) is 0 Å². The highest BCUT2D eigenvalue weighted by atomic mass is 31.1. The van der Waals surface area contributed by atoms with Gasteiger partial charge in [0, 0.05) is 11.7 Å². The quantitative estimate of drug-likeness (QED) is 0.149. The third-order valence-corrected chi connectivity index (χ3v) is 4.81. The summed E-state index contributed by atoms with van der Waals surface area (Å²) in [5.41, 5.74) is 7.55. The molecular formula is C17H31BN2O5P+. The molecule has 4 N–H and O–H groups in total. The van der Waals surface area contributed by atoms with Crippen LogP contribution in [0.5, 0.6) is 0 Å². The van der Waals surface area contributed by atoms with Gasteiger partial charge in [-0.25, -0.2) is 0 Å². The highest BCUT2D eigenvalue weighted by Gasteiger charge is 2.31. The highest BCUT2D eigenvalue weighted by molar-refractivity contribution is 7.44. The first kappa shape index (κ1) is 23.0. The van der Waals surface area contributed by atoms with Crippen LogP contribution in [-0.2, 0) is 18.8 Å². The Kier molecular flexibility index (Phi) is 11.7. The molecule has 0 saturated carbocycles. The van der Waals surface area contributed by atoms with Crippen LogP contribution >= 0.6 is 7.80 Å². The van der Waals surface area contributed by atoms with Gasteiger partial charge in [0.25, 0.3) is 6.35 Å². The summed E-state index contributed by atoms with van der Waals surface area (Å²) in [5, 5.41) is 12.8. The number of nitrogens with one attached hydrogen (secondary N) is 1. The molecule has 1 aromatic carbocycles. The van der Waals surface area contributed by atoms with Crippen molar-refractivity contribution in [2.24, 2.45) is 0 Å². The number of nitrogens with two attached hydrogens (primary N) is 1. The zero-order valence-corrected chi connectivity index (χ0v) is 16.8. The lowest BCUT2D eigenvalue weighted by molar-refractivity contribution is -0.0810. The van der Waals surface area contributed by atoms with E-state index < -0.39 is 20.9 Å². The lowest BCUT2D eigenvalue weighted by atomic mass is 9.85. The van der Waals surface area contributed by atoms with E-state index in [1.54, 1.807) is 6.82 Å². The Hall–Kier alpha value is -1.02. The topological polar surface area (TPSA) is 103 Å². The predicted octanol–water partition coefficient (Wildman–Crippen LogP) is 2.95. The van der Waals surface area contributed by atoms with Crippen LogP contribution in [-0.4, -0.2) is 44.3 Å². The van der Waals surface area contributed by atoms with Gasteiger partial charge in [-0.1, -0.05) is 16.7 Å². The van der Waals surface area contributed by atoms with Gasteiger partial charge in [-0.05, 0) is 51.2 Å². The number of nitrogen functional groups attached to an aromatic ring is 1. The summed E-state index contributed by atoms with van der Waals surface area (Å²) in [6.07, 6.45) is 1.61. The van der Waals surface area contributed by atoms with Crippen molar-refractivity contribution in [2.45, 2.75) is 45.6 Å². The second kappa shape index (κ2) is 13.2. The molecule has 9 heteroatoms. The highest BCUT2D eigenvalue weighted by Crippen LogP contribution is 2.30. The fourth-order valence-corrected chi connectivity index (χ4v) is 3.58. The number of rotatable bonds is 14. The number of benzene rings is 1. The molecule has 26 heavy (non-hydrogen) atoms. The number of anilines is 1. The Labute approximate surface area is 157 Å². The molecule has 0 radical (unpaired) electrons. The molecule has 0 heterocycles. The standard InChI is InChI=1S/C17H31BN2O5P/c1-4-24-17(25-5-2)26(22)13-23-11-7-10-16(20-18(3)21)14-8-6-9-15(19)12-14/h6,8-9,12,16-17,20-21H,4-5,7,10-11,13,19H2,1-3H3/q+1. The fraction of sp³-hybridized carbons (Fsp3) is 0.647. The van der Waals surface area contributed by atoms with Gasteiger partial charge in [-0.15, -0.1) is 0 Å². The summed E-state index contributed by atoms with van der Waals surface area (Å²) < 4.78 is 28.3. The van der Waals surface area contributed by atoms with Crippen LogP contribution in [0.3, 0.4) is 0 Å². The Morgan fingerprint density at radius 3 is 2.58 bits per heavy atom. The molecule has 0 spiro atoms. The van der Waals surface area contributed by atoms with Crippen LogP contribution in [0.25, 0.3) is 0 Å². The van der Waals surface area contributed by atoms with Crippen molar-refractivity contribution >= 4 is 20.5 Å². The normalized spacial score (nSPS) is 13.0. The lowest BCUT2D eigenvalue weighted by Crippen LogP contribution is -2.34. The zero-order chi connectivity index (χ0) is 19.4. The first-order valence-electron chi connectivity index (χ1n) is 9.02. The molecule has 146 valence electrons. The van der Waals surface area contributed by atoms with E-state index >= 15 is 0 Å². The molecule has 7 nitrogen and oxygen atoms in total. The predicted molar refractivity (Wildman–Crippen MR) is 105 cm³/mol. The molecule has 1 aromatic rings. The largest absolute Gasteiger partial charge is 0.437 e. The third kappa shape index (κ3) is 9.08. The molecule has 0 aromatic heterocycles. The van der Waals surface area contributed by atoms with Gasteiger partial charge in [-0.3, -0.25) is 0 Å². The maximum absolute atomic E-state index is 12.1. The molecular weight excluding hydrogens is 354 g/mol. The van der Waals surface area contributed by atoms with Crippen molar-refractivity contribution in [1.29, 1.82) is 0 Å². The number of hydrogen-bond donors (Lipinski definition) is 3. The Morgan fingerprint density at radius 1 is 1.31 bits per heavy atom. The van der Waals surface area contributed by atoms with Crippen LogP contribution < -0.4 is 11.0 Å². The minimum absolute atomic E-state index is 0.0320. The minimum Gasteiger partial charge on any atom is -0.437 e. The van der Waals surface area contributed by atoms with Crippen LogP contribution in [0.2, 0.25) is 6.82 Å². The third-order valence-electron chi connectivity index (χ3n) is 3.61. The second-order valence-electron chi connectivity index (χ2n) is 5.88. The molecule has 0 aliphatic heterocycles. The van der Waals surface area contributed by atoms with Crippen molar-refractivity contribution in [3.8, 4) is 0 Å². The first-order valence-corrected chi connectivity index (χ1v) is 10.5. The van der Waals surface area contributed by atoms with Gasteiger partial charge < -0.3 is 30.2 Å². The fourth-order valence-electron chi connectivity index (χ4n) is 2.52. The maximum atomic E-state index is 12.1. The smallest absolute Gasteiger partial charge is 0.429 e. The summed E-state index contributed by atoms with van der Waals surface area (Å²) in [6, 6.07) is 6.85. The van der Waals surface area contributed by atoms with E-state index in [9.17, 15) is 9.59 Å². The van der Waals surface area contributed by atoms with E-state index in [0.717, 1.165) is 18.4 Å². The van der Waals surface area contributed by atoms with Crippen molar-refractivity contribution in [3.05, 3.63) is 29.8 Å². The Morgan fingerprint density at radius 2 is 2.00 bits per heavy atom. The molecule has 0 amide bonds. The summed E-state index contributed by atoms with van der Waals surface area (Å²) in [7, 11) is -2.37. The average molecular weight is 385 g/mol. The van der Waals surface area contributed by atoms with Crippen LogP contribution in [0.4, 0.5) is 5.69 Å². The monoisotopic (exact) mass is 385 g/mol. The van der Waals surface area contributed by atoms with Crippen molar-refractivity contribution in [3.63, 3.8) is 0 Å². The Balaban J connectivity index is 2.41. The van der Waals surface area contributed by atoms with E-state index in [1.807, 2.05) is 38.1 Å². The van der Waals surface area contributed by atoms with E-state index in [-0.39, 0.29) is 12.4 Å².